The third-order valence-corrected chi connectivity index (χ3v) is 2.15. The zero-order valence-electron chi connectivity index (χ0n) is 8.19. The van der Waals surface area contributed by atoms with Crippen molar-refractivity contribution < 1.29 is 4.79 Å². The van der Waals surface area contributed by atoms with E-state index in [9.17, 15) is 4.79 Å². The van der Waals surface area contributed by atoms with Gasteiger partial charge in [0.15, 0.2) is 0 Å². The summed E-state index contributed by atoms with van der Waals surface area (Å²) in [6.45, 7) is 0. The van der Waals surface area contributed by atoms with Crippen molar-refractivity contribution in [3.05, 3.63) is 35.8 Å². The highest BCUT2D eigenvalue weighted by Crippen LogP contribution is 2.13. The predicted molar refractivity (Wildman–Crippen MR) is 55.8 cm³/mol. The lowest BCUT2D eigenvalue weighted by Crippen LogP contribution is -2.25. The van der Waals surface area contributed by atoms with Crippen LogP contribution in [0.1, 0.15) is 5.56 Å². The molecule has 1 aliphatic heterocycles. The van der Waals surface area contributed by atoms with Crippen LogP contribution in [0.15, 0.2) is 30.2 Å². The number of carbonyl (C=O) groups excluding carboxylic acids is 1. The summed E-state index contributed by atoms with van der Waals surface area (Å²) in [5.41, 5.74) is 1.29. The fraction of sp³-hybridized carbons (Fsp3) is 0.100. The molecule has 0 aromatic carbocycles. The topological polar surface area (TPSA) is 69.1 Å². The highest BCUT2D eigenvalue weighted by molar-refractivity contribution is 6.14. The Morgan fingerprint density at radius 1 is 1.60 bits per heavy atom. The Morgan fingerprint density at radius 2 is 2.40 bits per heavy atom. The molecule has 2 N–H and O–H groups in total. The molecule has 15 heavy (non-hydrogen) atoms. The number of pyridine rings is 1. The largest absolute Gasteiger partial charge is 0.311 e. The SMILES string of the molecule is CN1C(=N)NC(=O)/C1=C/c1cccnc1. The average molecular weight is 202 g/mol. The number of guanidine groups is 1. The minimum absolute atomic E-state index is 0.0927. The summed E-state index contributed by atoms with van der Waals surface area (Å²) >= 11 is 0. The summed E-state index contributed by atoms with van der Waals surface area (Å²) in [4.78, 5) is 16.9. The van der Waals surface area contributed by atoms with Crippen molar-refractivity contribution in [1.29, 1.82) is 5.41 Å². The zero-order chi connectivity index (χ0) is 10.8. The molecule has 0 unspecified atom stereocenters. The predicted octanol–water partition coefficient (Wildman–Crippen LogP) is 0.419. The molecule has 0 aliphatic carbocycles. The molecular formula is C10H10N4O. The van der Waals surface area contributed by atoms with Crippen LogP contribution in [0, 0.1) is 5.41 Å². The Labute approximate surface area is 86.9 Å². The first-order valence-corrected chi connectivity index (χ1v) is 4.44. The first-order chi connectivity index (χ1) is 7.18. The molecular weight excluding hydrogens is 192 g/mol. The van der Waals surface area contributed by atoms with Gasteiger partial charge in [0.1, 0.15) is 5.70 Å². The van der Waals surface area contributed by atoms with Crippen LogP contribution in [0.2, 0.25) is 0 Å². The van der Waals surface area contributed by atoms with E-state index in [-0.39, 0.29) is 11.9 Å². The maximum absolute atomic E-state index is 11.4. The Morgan fingerprint density at radius 3 is 2.93 bits per heavy atom. The first-order valence-electron chi connectivity index (χ1n) is 4.44. The van der Waals surface area contributed by atoms with Gasteiger partial charge in [0, 0.05) is 19.4 Å². The van der Waals surface area contributed by atoms with Crippen LogP contribution in [0.25, 0.3) is 6.08 Å². The van der Waals surface area contributed by atoms with E-state index in [0.717, 1.165) is 5.56 Å². The van der Waals surface area contributed by atoms with Crippen molar-refractivity contribution in [2.75, 3.05) is 7.05 Å². The minimum atomic E-state index is -0.258. The number of hydrogen-bond acceptors (Lipinski definition) is 3. The molecule has 5 heteroatoms. The van der Waals surface area contributed by atoms with Crippen LogP contribution in [0.5, 0.6) is 0 Å². The van der Waals surface area contributed by atoms with Gasteiger partial charge in [-0.1, -0.05) is 6.07 Å². The Balaban J connectivity index is 2.35. The summed E-state index contributed by atoms with van der Waals surface area (Å²) < 4.78 is 0. The van der Waals surface area contributed by atoms with Crippen LogP contribution < -0.4 is 5.32 Å². The van der Waals surface area contributed by atoms with Gasteiger partial charge in [-0.2, -0.15) is 0 Å². The van der Waals surface area contributed by atoms with E-state index >= 15 is 0 Å². The van der Waals surface area contributed by atoms with Crippen LogP contribution >= 0.6 is 0 Å². The molecule has 76 valence electrons. The van der Waals surface area contributed by atoms with Gasteiger partial charge in [-0.15, -0.1) is 0 Å². The summed E-state index contributed by atoms with van der Waals surface area (Å²) in [5.74, 6) is -0.165. The number of likely N-dealkylation sites (N-methyl/N-ethyl adjacent to an activating group) is 1. The average Bonchev–Trinajstić information content (AvgIpc) is 2.47. The lowest BCUT2D eigenvalue weighted by atomic mass is 10.2. The van der Waals surface area contributed by atoms with Gasteiger partial charge in [-0.05, 0) is 17.7 Å². The standard InChI is InChI=1S/C10H10N4O/c1-14-8(9(15)13-10(14)11)5-7-3-2-4-12-6-7/h2-6H,1H3,(H2,11,13,15)/b8-5-. The van der Waals surface area contributed by atoms with E-state index in [0.29, 0.717) is 5.70 Å². The molecule has 1 fully saturated rings. The Bertz CT molecular complexity index is 438. The number of nitrogens with one attached hydrogen (secondary N) is 2. The monoisotopic (exact) mass is 202 g/mol. The lowest BCUT2D eigenvalue weighted by molar-refractivity contribution is -0.115. The van der Waals surface area contributed by atoms with Gasteiger partial charge in [0.2, 0.25) is 5.96 Å². The van der Waals surface area contributed by atoms with Crippen LogP contribution in [0.3, 0.4) is 0 Å². The van der Waals surface area contributed by atoms with Crippen molar-refractivity contribution >= 4 is 17.9 Å². The van der Waals surface area contributed by atoms with E-state index < -0.39 is 0 Å². The molecule has 1 aromatic rings. The number of nitrogens with zero attached hydrogens (tertiary/aromatic N) is 2. The molecule has 0 saturated carbocycles. The van der Waals surface area contributed by atoms with Gasteiger partial charge >= 0.3 is 0 Å². The summed E-state index contributed by atoms with van der Waals surface area (Å²) in [6, 6.07) is 3.65. The second kappa shape index (κ2) is 3.53. The second-order valence-electron chi connectivity index (χ2n) is 3.18. The summed E-state index contributed by atoms with van der Waals surface area (Å²) in [5, 5.41) is 9.84. The molecule has 1 amide bonds. The first kappa shape index (κ1) is 9.39. The molecule has 1 saturated heterocycles. The second-order valence-corrected chi connectivity index (χ2v) is 3.18. The maximum Gasteiger partial charge on any atom is 0.274 e. The number of amides is 1. The van der Waals surface area contributed by atoms with Crippen LogP contribution in [-0.2, 0) is 4.79 Å². The van der Waals surface area contributed by atoms with E-state index in [1.165, 1.54) is 4.90 Å². The van der Waals surface area contributed by atoms with Crippen LogP contribution in [0.4, 0.5) is 0 Å². The highest BCUT2D eigenvalue weighted by Gasteiger charge is 2.26. The summed E-state index contributed by atoms with van der Waals surface area (Å²) in [7, 11) is 1.67. The zero-order valence-corrected chi connectivity index (χ0v) is 8.19. The molecule has 0 bridgehead atoms. The van der Waals surface area contributed by atoms with Gasteiger partial charge in [0.05, 0.1) is 0 Å². The smallest absolute Gasteiger partial charge is 0.274 e. The van der Waals surface area contributed by atoms with Crippen molar-refractivity contribution in [3.8, 4) is 0 Å². The third-order valence-electron chi connectivity index (χ3n) is 2.15. The Hall–Kier alpha value is -2.17. The molecule has 1 aromatic heterocycles. The van der Waals surface area contributed by atoms with E-state index in [1.54, 1.807) is 31.6 Å². The molecule has 2 rings (SSSR count). The normalized spacial score (nSPS) is 18.5. The molecule has 5 nitrogen and oxygen atoms in total. The molecule has 1 aliphatic rings. The van der Waals surface area contributed by atoms with Gasteiger partial charge in [-0.25, -0.2) is 0 Å². The summed E-state index contributed by atoms with van der Waals surface area (Å²) in [6.07, 6.45) is 5.03. The number of aromatic nitrogens is 1. The van der Waals surface area contributed by atoms with Crippen molar-refractivity contribution in [2.24, 2.45) is 0 Å². The minimum Gasteiger partial charge on any atom is -0.311 e. The fourth-order valence-electron chi connectivity index (χ4n) is 1.31. The molecule has 0 atom stereocenters. The third kappa shape index (κ3) is 1.71. The number of rotatable bonds is 1. The highest BCUT2D eigenvalue weighted by atomic mass is 16.2. The maximum atomic E-state index is 11.4. The van der Waals surface area contributed by atoms with Crippen LogP contribution in [-0.4, -0.2) is 28.8 Å². The quantitative estimate of drug-likeness (QED) is 0.648. The number of hydrogen-bond donors (Lipinski definition) is 2. The van der Waals surface area contributed by atoms with Crippen molar-refractivity contribution in [3.63, 3.8) is 0 Å². The van der Waals surface area contributed by atoms with E-state index in [2.05, 4.69) is 10.3 Å². The van der Waals surface area contributed by atoms with Gasteiger partial charge < -0.3 is 4.90 Å². The van der Waals surface area contributed by atoms with Gasteiger partial charge in [0.25, 0.3) is 5.91 Å². The Kier molecular flexibility index (Phi) is 2.21. The fourth-order valence-corrected chi connectivity index (χ4v) is 1.31. The lowest BCUT2D eigenvalue weighted by Gasteiger charge is -2.08. The van der Waals surface area contributed by atoms with Crippen molar-refractivity contribution in [1.82, 2.24) is 15.2 Å². The molecule has 0 spiro atoms. The van der Waals surface area contributed by atoms with E-state index in [4.69, 9.17) is 5.41 Å². The van der Waals surface area contributed by atoms with E-state index in [1.807, 2.05) is 6.07 Å². The van der Waals surface area contributed by atoms with Crippen molar-refractivity contribution in [2.45, 2.75) is 0 Å². The van der Waals surface area contributed by atoms with Gasteiger partial charge in [-0.3, -0.25) is 20.5 Å². The molecule has 2 heterocycles. The number of carbonyl (C=O) groups is 1. The molecule has 0 radical (unpaired) electrons.